The average Bonchev–Trinajstić information content (AvgIpc) is 2.10. The van der Waals surface area contributed by atoms with Crippen LogP contribution >= 0.6 is 24.8 Å². The van der Waals surface area contributed by atoms with Crippen LogP contribution in [0.3, 0.4) is 0 Å². The van der Waals surface area contributed by atoms with Gasteiger partial charge in [-0.3, -0.25) is 0 Å². The Balaban J connectivity index is -0.000000653. The SMILES string of the molecule is CCOc1ccc(C)c(N(C)C)c1C.Cl.Cl.[Zn]. The van der Waals surface area contributed by atoms with Crippen LogP contribution in [0.2, 0.25) is 0 Å². The van der Waals surface area contributed by atoms with Crippen LogP contribution in [0.4, 0.5) is 5.69 Å². The molecule has 0 heterocycles. The summed E-state index contributed by atoms with van der Waals surface area (Å²) in [6.07, 6.45) is 0. The molecule has 1 aromatic rings. The maximum Gasteiger partial charge on any atom is 0.124 e. The molecule has 0 aliphatic carbocycles. The van der Waals surface area contributed by atoms with E-state index in [1.807, 2.05) is 13.0 Å². The average molecular weight is 332 g/mol. The monoisotopic (exact) mass is 329 g/mol. The fourth-order valence-electron chi connectivity index (χ4n) is 1.82. The normalized spacial score (nSPS) is 8.29. The van der Waals surface area contributed by atoms with Crippen molar-refractivity contribution in [2.24, 2.45) is 0 Å². The van der Waals surface area contributed by atoms with Gasteiger partial charge in [0.25, 0.3) is 0 Å². The number of hydrogen-bond acceptors (Lipinski definition) is 2. The number of ether oxygens (including phenoxy) is 1. The van der Waals surface area contributed by atoms with E-state index in [1.54, 1.807) is 0 Å². The Morgan fingerprint density at radius 3 is 2.06 bits per heavy atom. The van der Waals surface area contributed by atoms with Gasteiger partial charge in [0, 0.05) is 44.8 Å². The molecular weight excluding hydrogens is 310 g/mol. The summed E-state index contributed by atoms with van der Waals surface area (Å²) in [5, 5.41) is 0. The summed E-state index contributed by atoms with van der Waals surface area (Å²) in [5.74, 6) is 0.988. The number of anilines is 1. The van der Waals surface area contributed by atoms with Gasteiger partial charge in [0.1, 0.15) is 5.75 Å². The predicted molar refractivity (Wildman–Crippen MR) is 75.9 cm³/mol. The van der Waals surface area contributed by atoms with Crippen molar-refractivity contribution < 1.29 is 24.2 Å². The first kappa shape index (κ1) is 22.2. The van der Waals surface area contributed by atoms with E-state index in [4.69, 9.17) is 4.74 Å². The zero-order chi connectivity index (χ0) is 10.7. The summed E-state index contributed by atoms with van der Waals surface area (Å²) in [7, 11) is 4.12. The smallest absolute Gasteiger partial charge is 0.124 e. The summed E-state index contributed by atoms with van der Waals surface area (Å²) in [6, 6.07) is 4.15. The molecule has 0 saturated heterocycles. The molecule has 0 aromatic heterocycles. The van der Waals surface area contributed by atoms with E-state index in [0.717, 1.165) is 12.4 Å². The van der Waals surface area contributed by atoms with Crippen LogP contribution in [0.25, 0.3) is 0 Å². The molecular formula is C12H21Cl2NOZn. The molecule has 0 atom stereocenters. The van der Waals surface area contributed by atoms with E-state index in [2.05, 4.69) is 38.9 Å². The predicted octanol–water partition coefficient (Wildman–Crippen LogP) is 3.61. The second-order valence-corrected chi connectivity index (χ2v) is 3.68. The standard InChI is InChI=1S/C12H19NO.2ClH.Zn/c1-6-14-11-8-7-9(2)12(10(11)3)13(4)5;;;/h7-8H,6H2,1-5H3;2*1H;. The first-order valence-corrected chi connectivity index (χ1v) is 4.98. The number of rotatable bonds is 3. The van der Waals surface area contributed by atoms with Crippen molar-refractivity contribution in [2.75, 3.05) is 25.6 Å². The minimum Gasteiger partial charge on any atom is -0.494 e. The van der Waals surface area contributed by atoms with Gasteiger partial charge in [-0.1, -0.05) is 6.07 Å². The van der Waals surface area contributed by atoms with Crippen LogP contribution < -0.4 is 9.64 Å². The fourth-order valence-corrected chi connectivity index (χ4v) is 1.82. The summed E-state index contributed by atoms with van der Waals surface area (Å²) < 4.78 is 5.56. The molecule has 0 unspecified atom stereocenters. The molecule has 0 aliphatic rings. The third-order valence-corrected chi connectivity index (χ3v) is 2.33. The van der Waals surface area contributed by atoms with Crippen LogP contribution in [0.15, 0.2) is 12.1 Å². The van der Waals surface area contributed by atoms with E-state index in [0.29, 0.717) is 0 Å². The number of benzene rings is 1. The Kier molecular flexibility index (Phi) is 13.1. The molecule has 0 radical (unpaired) electrons. The zero-order valence-electron chi connectivity index (χ0n) is 11.2. The Hall–Kier alpha value is 0.0234. The third-order valence-electron chi connectivity index (χ3n) is 2.33. The Morgan fingerprint density at radius 2 is 1.65 bits per heavy atom. The molecule has 0 aliphatic heterocycles. The van der Waals surface area contributed by atoms with Gasteiger partial charge < -0.3 is 9.64 Å². The second-order valence-electron chi connectivity index (χ2n) is 3.68. The van der Waals surface area contributed by atoms with E-state index in [-0.39, 0.29) is 44.3 Å². The minimum atomic E-state index is 0. The quantitative estimate of drug-likeness (QED) is 0.785. The zero-order valence-corrected chi connectivity index (χ0v) is 15.8. The summed E-state index contributed by atoms with van der Waals surface area (Å²) >= 11 is 0. The van der Waals surface area contributed by atoms with Crippen molar-refractivity contribution in [1.82, 2.24) is 0 Å². The largest absolute Gasteiger partial charge is 0.494 e. The minimum absolute atomic E-state index is 0. The van der Waals surface area contributed by atoms with Crippen molar-refractivity contribution >= 4 is 30.5 Å². The van der Waals surface area contributed by atoms with E-state index in [9.17, 15) is 0 Å². The van der Waals surface area contributed by atoms with E-state index >= 15 is 0 Å². The van der Waals surface area contributed by atoms with Gasteiger partial charge in [-0.2, -0.15) is 0 Å². The van der Waals surface area contributed by atoms with Crippen molar-refractivity contribution in [3.8, 4) is 5.75 Å². The first-order valence-electron chi connectivity index (χ1n) is 4.98. The van der Waals surface area contributed by atoms with E-state index in [1.165, 1.54) is 16.8 Å². The molecule has 2 nitrogen and oxygen atoms in total. The molecule has 0 amide bonds. The van der Waals surface area contributed by atoms with Gasteiger partial charge in [0.15, 0.2) is 0 Å². The van der Waals surface area contributed by atoms with Crippen molar-refractivity contribution in [2.45, 2.75) is 20.8 Å². The first-order chi connectivity index (χ1) is 6.57. The van der Waals surface area contributed by atoms with Crippen LogP contribution in [0.1, 0.15) is 18.1 Å². The summed E-state index contributed by atoms with van der Waals surface area (Å²) in [5.41, 5.74) is 3.77. The molecule has 1 aromatic carbocycles. The van der Waals surface area contributed by atoms with Crippen LogP contribution in [0, 0.1) is 13.8 Å². The van der Waals surface area contributed by atoms with Gasteiger partial charge in [-0.15, -0.1) is 24.8 Å². The van der Waals surface area contributed by atoms with Crippen LogP contribution in [-0.4, -0.2) is 20.7 Å². The van der Waals surface area contributed by atoms with Gasteiger partial charge in [-0.05, 0) is 32.4 Å². The number of nitrogens with zero attached hydrogens (tertiary/aromatic N) is 1. The summed E-state index contributed by atoms with van der Waals surface area (Å²) in [6.45, 7) is 6.96. The van der Waals surface area contributed by atoms with E-state index < -0.39 is 0 Å². The number of aryl methyl sites for hydroxylation is 1. The molecule has 0 fully saturated rings. The van der Waals surface area contributed by atoms with Crippen molar-refractivity contribution in [1.29, 1.82) is 0 Å². The molecule has 17 heavy (non-hydrogen) atoms. The molecule has 1 rings (SSSR count). The van der Waals surface area contributed by atoms with Gasteiger partial charge in [0.05, 0.1) is 6.61 Å². The maximum absolute atomic E-state index is 5.56. The fraction of sp³-hybridized carbons (Fsp3) is 0.500. The molecule has 0 bridgehead atoms. The molecule has 5 heteroatoms. The molecule has 0 N–H and O–H groups in total. The maximum atomic E-state index is 5.56. The van der Waals surface area contributed by atoms with Gasteiger partial charge in [0.2, 0.25) is 0 Å². The van der Waals surface area contributed by atoms with Crippen LogP contribution in [0.5, 0.6) is 5.75 Å². The molecule has 96 valence electrons. The second kappa shape index (κ2) is 9.99. The van der Waals surface area contributed by atoms with Crippen molar-refractivity contribution in [3.63, 3.8) is 0 Å². The molecule has 0 saturated carbocycles. The Morgan fingerprint density at radius 1 is 1.12 bits per heavy atom. The summed E-state index contributed by atoms with van der Waals surface area (Å²) in [4.78, 5) is 2.13. The topological polar surface area (TPSA) is 12.5 Å². The number of hydrogen-bond donors (Lipinski definition) is 0. The third kappa shape index (κ3) is 5.46. The Bertz CT molecular complexity index is 333. The van der Waals surface area contributed by atoms with Crippen molar-refractivity contribution in [3.05, 3.63) is 23.3 Å². The molecule has 0 spiro atoms. The Labute approximate surface area is 130 Å². The number of halogens is 2. The van der Waals surface area contributed by atoms with Gasteiger partial charge >= 0.3 is 0 Å². The van der Waals surface area contributed by atoms with Crippen LogP contribution in [-0.2, 0) is 19.5 Å². The van der Waals surface area contributed by atoms with Gasteiger partial charge in [-0.25, -0.2) is 0 Å².